The lowest BCUT2D eigenvalue weighted by Gasteiger charge is -2.05. The third-order valence-electron chi connectivity index (χ3n) is 2.64. The quantitative estimate of drug-likeness (QED) is 0.907. The third kappa shape index (κ3) is 2.84. The fourth-order valence-electron chi connectivity index (χ4n) is 1.59. The molecule has 0 spiro atoms. The zero-order chi connectivity index (χ0) is 14.5. The molecule has 5 nitrogen and oxygen atoms in total. The van der Waals surface area contributed by atoms with Gasteiger partial charge in [0.2, 0.25) is 0 Å². The summed E-state index contributed by atoms with van der Waals surface area (Å²) in [6.07, 6.45) is 0. The van der Waals surface area contributed by atoms with E-state index in [-0.39, 0.29) is 11.8 Å². The van der Waals surface area contributed by atoms with E-state index < -0.39 is 0 Å². The van der Waals surface area contributed by atoms with Gasteiger partial charge in [0, 0.05) is 12.6 Å². The van der Waals surface area contributed by atoms with E-state index in [9.17, 15) is 9.59 Å². The Morgan fingerprint density at radius 1 is 1.15 bits per heavy atom. The van der Waals surface area contributed by atoms with Crippen LogP contribution in [0.25, 0.3) is 0 Å². The van der Waals surface area contributed by atoms with Gasteiger partial charge in [-0.3, -0.25) is 9.59 Å². The molecular formula is C14H11N3O2S. The van der Waals surface area contributed by atoms with Crippen molar-refractivity contribution in [2.24, 2.45) is 0 Å². The van der Waals surface area contributed by atoms with Crippen molar-refractivity contribution < 1.29 is 9.59 Å². The maximum atomic E-state index is 12.1. The molecule has 0 aliphatic heterocycles. The van der Waals surface area contributed by atoms with Crippen molar-refractivity contribution in [1.29, 1.82) is 5.26 Å². The molecule has 20 heavy (non-hydrogen) atoms. The van der Waals surface area contributed by atoms with Crippen molar-refractivity contribution >= 4 is 28.2 Å². The van der Waals surface area contributed by atoms with Crippen LogP contribution in [0, 0.1) is 11.3 Å². The number of carbonyl (C=O) groups is 2. The SMILES string of the molecule is CNC(=O)c1ccsc1NC(=O)c1ccc(C#N)cc1. The minimum atomic E-state index is -0.318. The highest BCUT2D eigenvalue weighted by Crippen LogP contribution is 2.23. The van der Waals surface area contributed by atoms with Gasteiger partial charge in [0.1, 0.15) is 5.00 Å². The largest absolute Gasteiger partial charge is 0.355 e. The Kier molecular flexibility index (Phi) is 4.13. The molecule has 0 atom stereocenters. The smallest absolute Gasteiger partial charge is 0.256 e. The van der Waals surface area contributed by atoms with E-state index in [1.807, 2.05) is 6.07 Å². The van der Waals surface area contributed by atoms with E-state index in [0.29, 0.717) is 21.7 Å². The average molecular weight is 285 g/mol. The van der Waals surface area contributed by atoms with Crippen LogP contribution < -0.4 is 10.6 Å². The number of hydrogen-bond acceptors (Lipinski definition) is 4. The maximum Gasteiger partial charge on any atom is 0.256 e. The Morgan fingerprint density at radius 2 is 1.85 bits per heavy atom. The monoisotopic (exact) mass is 285 g/mol. The number of carbonyl (C=O) groups excluding carboxylic acids is 2. The number of hydrogen-bond donors (Lipinski definition) is 2. The normalized spacial score (nSPS) is 9.60. The van der Waals surface area contributed by atoms with E-state index in [1.165, 1.54) is 18.4 Å². The van der Waals surface area contributed by atoms with Crippen LogP contribution in [0.4, 0.5) is 5.00 Å². The fraction of sp³-hybridized carbons (Fsp3) is 0.0714. The van der Waals surface area contributed by atoms with Crippen molar-refractivity contribution in [3.05, 3.63) is 52.4 Å². The lowest BCUT2D eigenvalue weighted by atomic mass is 10.1. The van der Waals surface area contributed by atoms with Gasteiger partial charge in [0.05, 0.1) is 17.2 Å². The summed E-state index contributed by atoms with van der Waals surface area (Å²) in [5, 5.41) is 16.2. The summed E-state index contributed by atoms with van der Waals surface area (Å²) in [6, 6.07) is 9.92. The topological polar surface area (TPSA) is 82.0 Å². The van der Waals surface area contributed by atoms with Crippen LogP contribution in [0.5, 0.6) is 0 Å². The number of amides is 2. The highest BCUT2D eigenvalue weighted by molar-refractivity contribution is 7.14. The number of rotatable bonds is 3. The Bertz CT molecular complexity index is 683. The van der Waals surface area contributed by atoms with Gasteiger partial charge in [-0.05, 0) is 35.7 Å². The summed E-state index contributed by atoms with van der Waals surface area (Å²) in [5.41, 5.74) is 1.35. The van der Waals surface area contributed by atoms with Crippen LogP contribution in [0.2, 0.25) is 0 Å². The number of thiophene rings is 1. The summed E-state index contributed by atoms with van der Waals surface area (Å²) >= 11 is 1.28. The first-order valence-electron chi connectivity index (χ1n) is 5.77. The molecule has 1 aromatic heterocycles. The summed E-state index contributed by atoms with van der Waals surface area (Å²) in [7, 11) is 1.53. The minimum absolute atomic E-state index is 0.249. The molecule has 1 heterocycles. The number of nitrogens with one attached hydrogen (secondary N) is 2. The van der Waals surface area contributed by atoms with E-state index in [0.717, 1.165) is 0 Å². The van der Waals surface area contributed by atoms with Crippen LogP contribution >= 0.6 is 11.3 Å². The second-order valence-corrected chi connectivity index (χ2v) is 4.80. The molecule has 6 heteroatoms. The first-order chi connectivity index (χ1) is 9.65. The van der Waals surface area contributed by atoms with Gasteiger partial charge in [-0.2, -0.15) is 5.26 Å². The molecule has 0 saturated heterocycles. The third-order valence-corrected chi connectivity index (χ3v) is 3.47. The molecule has 2 amide bonds. The van der Waals surface area contributed by atoms with Crippen LogP contribution in [-0.2, 0) is 0 Å². The van der Waals surface area contributed by atoms with Gasteiger partial charge in [0.15, 0.2) is 0 Å². The van der Waals surface area contributed by atoms with Gasteiger partial charge >= 0.3 is 0 Å². The lowest BCUT2D eigenvalue weighted by molar-refractivity contribution is 0.0964. The number of benzene rings is 1. The van der Waals surface area contributed by atoms with Gasteiger partial charge in [-0.15, -0.1) is 11.3 Å². The summed E-state index contributed by atoms with van der Waals surface area (Å²) in [6.45, 7) is 0. The van der Waals surface area contributed by atoms with Gasteiger partial charge in [0.25, 0.3) is 11.8 Å². The predicted octanol–water partition coefficient (Wildman–Crippen LogP) is 2.23. The van der Waals surface area contributed by atoms with Crippen molar-refractivity contribution in [3.63, 3.8) is 0 Å². The molecule has 0 fully saturated rings. The van der Waals surface area contributed by atoms with E-state index in [2.05, 4.69) is 10.6 Å². The van der Waals surface area contributed by atoms with Crippen LogP contribution in [-0.4, -0.2) is 18.9 Å². The highest BCUT2D eigenvalue weighted by atomic mass is 32.1. The molecule has 2 N–H and O–H groups in total. The van der Waals surface area contributed by atoms with E-state index in [4.69, 9.17) is 5.26 Å². The predicted molar refractivity (Wildman–Crippen MR) is 76.8 cm³/mol. The molecular weight excluding hydrogens is 274 g/mol. The zero-order valence-electron chi connectivity index (χ0n) is 10.6. The van der Waals surface area contributed by atoms with Crippen LogP contribution in [0.15, 0.2) is 35.7 Å². The van der Waals surface area contributed by atoms with Gasteiger partial charge in [-0.1, -0.05) is 0 Å². The van der Waals surface area contributed by atoms with Crippen LogP contribution in [0.1, 0.15) is 26.3 Å². The molecule has 0 aliphatic rings. The molecule has 100 valence electrons. The van der Waals surface area contributed by atoms with Gasteiger partial charge < -0.3 is 10.6 Å². The number of nitriles is 1. The summed E-state index contributed by atoms with van der Waals surface area (Å²) in [5.74, 6) is -0.566. The lowest BCUT2D eigenvalue weighted by Crippen LogP contribution is -2.20. The van der Waals surface area contributed by atoms with Crippen molar-refractivity contribution in [2.45, 2.75) is 0 Å². The molecule has 2 aromatic rings. The number of anilines is 1. The van der Waals surface area contributed by atoms with Crippen molar-refractivity contribution in [3.8, 4) is 6.07 Å². The van der Waals surface area contributed by atoms with E-state index >= 15 is 0 Å². The first-order valence-corrected chi connectivity index (χ1v) is 6.64. The molecule has 1 aromatic carbocycles. The summed E-state index contributed by atoms with van der Waals surface area (Å²) < 4.78 is 0. The molecule has 2 rings (SSSR count). The number of nitrogens with zero attached hydrogens (tertiary/aromatic N) is 1. The second-order valence-electron chi connectivity index (χ2n) is 3.89. The standard InChI is InChI=1S/C14H11N3O2S/c1-16-13(19)11-6-7-20-14(11)17-12(18)10-4-2-9(8-15)3-5-10/h2-7H,1H3,(H,16,19)(H,17,18). The van der Waals surface area contributed by atoms with Crippen molar-refractivity contribution in [2.75, 3.05) is 12.4 Å². The Balaban J connectivity index is 2.17. The summed E-state index contributed by atoms with van der Waals surface area (Å²) in [4.78, 5) is 23.7. The second kappa shape index (κ2) is 5.99. The zero-order valence-corrected chi connectivity index (χ0v) is 11.5. The Labute approximate surface area is 119 Å². The fourth-order valence-corrected chi connectivity index (χ4v) is 2.37. The van der Waals surface area contributed by atoms with E-state index in [1.54, 1.807) is 35.7 Å². The molecule has 0 radical (unpaired) electrons. The molecule has 0 bridgehead atoms. The maximum absolute atomic E-state index is 12.1. The van der Waals surface area contributed by atoms with Gasteiger partial charge in [-0.25, -0.2) is 0 Å². The van der Waals surface area contributed by atoms with Crippen LogP contribution in [0.3, 0.4) is 0 Å². The molecule has 0 unspecified atom stereocenters. The first kappa shape index (κ1) is 13.8. The highest BCUT2D eigenvalue weighted by Gasteiger charge is 2.14. The minimum Gasteiger partial charge on any atom is -0.355 e. The Morgan fingerprint density at radius 3 is 2.45 bits per heavy atom. The molecule has 0 aliphatic carbocycles. The molecule has 0 saturated carbocycles. The average Bonchev–Trinajstić information content (AvgIpc) is 2.94. The Hall–Kier alpha value is -2.65. The van der Waals surface area contributed by atoms with Crippen molar-refractivity contribution in [1.82, 2.24) is 5.32 Å².